The van der Waals surface area contributed by atoms with Gasteiger partial charge >= 0.3 is 0 Å². The molecule has 0 aromatic heterocycles. The molecule has 0 spiro atoms. The van der Waals surface area contributed by atoms with Crippen LogP contribution in [0.3, 0.4) is 0 Å². The quantitative estimate of drug-likeness (QED) is 0.815. The number of rotatable bonds is 7. The minimum absolute atomic E-state index is 0.375. The third-order valence-corrected chi connectivity index (χ3v) is 3.90. The van der Waals surface area contributed by atoms with Crippen molar-refractivity contribution in [3.05, 3.63) is 71.8 Å². The van der Waals surface area contributed by atoms with Crippen LogP contribution in [0.2, 0.25) is 0 Å². The summed E-state index contributed by atoms with van der Waals surface area (Å²) in [7, 11) is 0. The van der Waals surface area contributed by atoms with Gasteiger partial charge in [0.25, 0.3) is 0 Å². The van der Waals surface area contributed by atoms with Gasteiger partial charge in [-0.15, -0.1) is 0 Å². The molecule has 21 heavy (non-hydrogen) atoms. The minimum Gasteiger partial charge on any atom is -0.384 e. The SMILES string of the molecule is CC(CCc1ccccc1)NCC(C)(O)c1ccccc1. The van der Waals surface area contributed by atoms with Crippen molar-refractivity contribution in [3.8, 4) is 0 Å². The van der Waals surface area contributed by atoms with E-state index >= 15 is 0 Å². The Kier molecular flexibility index (Phi) is 5.54. The highest BCUT2D eigenvalue weighted by Crippen LogP contribution is 2.19. The smallest absolute Gasteiger partial charge is 0.0992 e. The summed E-state index contributed by atoms with van der Waals surface area (Å²) >= 11 is 0. The average Bonchev–Trinajstić information content (AvgIpc) is 2.53. The van der Waals surface area contributed by atoms with Crippen LogP contribution < -0.4 is 5.32 Å². The molecule has 2 aromatic rings. The van der Waals surface area contributed by atoms with Crippen LogP contribution in [-0.4, -0.2) is 17.7 Å². The molecule has 2 nitrogen and oxygen atoms in total. The number of aryl methyl sites for hydroxylation is 1. The Labute approximate surface area is 127 Å². The van der Waals surface area contributed by atoms with Crippen molar-refractivity contribution in [3.63, 3.8) is 0 Å². The van der Waals surface area contributed by atoms with Crippen molar-refractivity contribution in [2.45, 2.75) is 38.3 Å². The number of hydrogen-bond acceptors (Lipinski definition) is 2. The van der Waals surface area contributed by atoms with E-state index in [4.69, 9.17) is 0 Å². The highest BCUT2D eigenvalue weighted by molar-refractivity contribution is 5.21. The van der Waals surface area contributed by atoms with Gasteiger partial charge in [-0.1, -0.05) is 60.7 Å². The van der Waals surface area contributed by atoms with Gasteiger partial charge in [-0.2, -0.15) is 0 Å². The van der Waals surface area contributed by atoms with Crippen molar-refractivity contribution in [2.75, 3.05) is 6.54 Å². The number of benzene rings is 2. The topological polar surface area (TPSA) is 32.3 Å². The second-order valence-corrected chi connectivity index (χ2v) is 5.95. The lowest BCUT2D eigenvalue weighted by Crippen LogP contribution is -2.39. The molecule has 0 aliphatic rings. The first-order valence-electron chi connectivity index (χ1n) is 7.63. The van der Waals surface area contributed by atoms with Crippen molar-refractivity contribution in [1.29, 1.82) is 0 Å². The highest BCUT2D eigenvalue weighted by atomic mass is 16.3. The van der Waals surface area contributed by atoms with E-state index in [0.29, 0.717) is 12.6 Å². The summed E-state index contributed by atoms with van der Waals surface area (Å²) in [5.74, 6) is 0. The van der Waals surface area contributed by atoms with E-state index in [9.17, 15) is 5.11 Å². The molecule has 0 radical (unpaired) electrons. The van der Waals surface area contributed by atoms with Gasteiger partial charge in [-0.05, 0) is 37.8 Å². The van der Waals surface area contributed by atoms with Crippen molar-refractivity contribution in [2.24, 2.45) is 0 Å². The van der Waals surface area contributed by atoms with Crippen molar-refractivity contribution < 1.29 is 5.11 Å². The Balaban J connectivity index is 1.79. The summed E-state index contributed by atoms with van der Waals surface area (Å²) in [5, 5.41) is 14.0. The maximum atomic E-state index is 10.6. The van der Waals surface area contributed by atoms with E-state index in [1.54, 1.807) is 0 Å². The third kappa shape index (κ3) is 5.00. The van der Waals surface area contributed by atoms with Crippen LogP contribution in [0.5, 0.6) is 0 Å². The lowest BCUT2D eigenvalue weighted by Gasteiger charge is -2.26. The van der Waals surface area contributed by atoms with E-state index < -0.39 is 5.60 Å². The minimum atomic E-state index is -0.831. The number of nitrogens with one attached hydrogen (secondary N) is 1. The second kappa shape index (κ2) is 7.39. The molecule has 0 fully saturated rings. The molecule has 2 unspecified atom stereocenters. The molecule has 0 aliphatic carbocycles. The zero-order chi connectivity index (χ0) is 15.1. The molecule has 0 bridgehead atoms. The maximum absolute atomic E-state index is 10.6. The van der Waals surface area contributed by atoms with E-state index in [-0.39, 0.29) is 0 Å². The van der Waals surface area contributed by atoms with Gasteiger partial charge in [-0.25, -0.2) is 0 Å². The molecule has 0 heterocycles. The monoisotopic (exact) mass is 283 g/mol. The number of aliphatic hydroxyl groups is 1. The molecular weight excluding hydrogens is 258 g/mol. The van der Waals surface area contributed by atoms with Crippen LogP contribution in [0, 0.1) is 0 Å². The summed E-state index contributed by atoms with van der Waals surface area (Å²) < 4.78 is 0. The summed E-state index contributed by atoms with van der Waals surface area (Å²) in [5.41, 5.74) is 1.48. The molecule has 0 saturated carbocycles. The predicted octanol–water partition coefficient (Wildman–Crippen LogP) is 3.51. The first kappa shape index (κ1) is 15.7. The molecule has 2 atom stereocenters. The fraction of sp³-hybridized carbons (Fsp3) is 0.368. The Morgan fingerprint density at radius 1 is 1.00 bits per heavy atom. The molecule has 2 N–H and O–H groups in total. The van der Waals surface area contributed by atoms with Crippen molar-refractivity contribution >= 4 is 0 Å². The molecule has 0 aliphatic heterocycles. The Morgan fingerprint density at radius 2 is 1.57 bits per heavy atom. The van der Waals surface area contributed by atoms with Gasteiger partial charge < -0.3 is 10.4 Å². The summed E-state index contributed by atoms with van der Waals surface area (Å²) in [6, 6.07) is 20.7. The molecule has 0 amide bonds. The predicted molar refractivity (Wildman–Crippen MR) is 88.2 cm³/mol. The van der Waals surface area contributed by atoms with E-state index in [2.05, 4.69) is 36.5 Å². The lowest BCUT2D eigenvalue weighted by atomic mass is 9.95. The fourth-order valence-corrected chi connectivity index (χ4v) is 2.40. The second-order valence-electron chi connectivity index (χ2n) is 5.95. The van der Waals surface area contributed by atoms with Crippen LogP contribution in [-0.2, 0) is 12.0 Å². The van der Waals surface area contributed by atoms with Gasteiger partial charge in [0.05, 0.1) is 5.60 Å². The van der Waals surface area contributed by atoms with Crippen LogP contribution in [0.25, 0.3) is 0 Å². The third-order valence-electron chi connectivity index (χ3n) is 3.90. The Bertz CT molecular complexity index is 522. The zero-order valence-electron chi connectivity index (χ0n) is 12.9. The van der Waals surface area contributed by atoms with E-state index in [1.807, 2.05) is 43.3 Å². The number of hydrogen-bond donors (Lipinski definition) is 2. The molecular formula is C19H25NO. The van der Waals surface area contributed by atoms with Crippen LogP contribution >= 0.6 is 0 Å². The van der Waals surface area contributed by atoms with Gasteiger partial charge in [0.2, 0.25) is 0 Å². The first-order chi connectivity index (χ1) is 10.1. The van der Waals surface area contributed by atoms with Crippen molar-refractivity contribution in [1.82, 2.24) is 5.32 Å². The maximum Gasteiger partial charge on any atom is 0.0992 e. The normalized spacial score (nSPS) is 15.4. The molecule has 2 aromatic carbocycles. The standard InChI is InChI=1S/C19H25NO/c1-16(13-14-17-9-5-3-6-10-17)20-15-19(2,21)18-11-7-4-8-12-18/h3-12,16,20-21H,13-15H2,1-2H3. The summed E-state index contributed by atoms with van der Waals surface area (Å²) in [4.78, 5) is 0. The van der Waals surface area contributed by atoms with E-state index in [1.165, 1.54) is 5.56 Å². The fourth-order valence-electron chi connectivity index (χ4n) is 2.40. The van der Waals surface area contributed by atoms with Gasteiger partial charge in [0, 0.05) is 12.6 Å². The van der Waals surface area contributed by atoms with Gasteiger partial charge in [0.15, 0.2) is 0 Å². The van der Waals surface area contributed by atoms with Crippen LogP contribution in [0.1, 0.15) is 31.4 Å². The summed E-state index contributed by atoms with van der Waals surface area (Å²) in [6.07, 6.45) is 2.12. The van der Waals surface area contributed by atoms with Gasteiger partial charge in [0.1, 0.15) is 0 Å². The van der Waals surface area contributed by atoms with E-state index in [0.717, 1.165) is 18.4 Å². The Morgan fingerprint density at radius 3 is 2.19 bits per heavy atom. The largest absolute Gasteiger partial charge is 0.384 e. The Hall–Kier alpha value is -1.64. The lowest BCUT2D eigenvalue weighted by molar-refractivity contribution is 0.0541. The van der Waals surface area contributed by atoms with Crippen LogP contribution in [0.15, 0.2) is 60.7 Å². The first-order valence-corrected chi connectivity index (χ1v) is 7.63. The molecule has 2 heteroatoms. The van der Waals surface area contributed by atoms with Gasteiger partial charge in [-0.3, -0.25) is 0 Å². The van der Waals surface area contributed by atoms with Crippen LogP contribution in [0.4, 0.5) is 0 Å². The average molecular weight is 283 g/mol. The zero-order valence-corrected chi connectivity index (χ0v) is 12.9. The summed E-state index contributed by atoms with van der Waals surface area (Å²) in [6.45, 7) is 4.59. The highest BCUT2D eigenvalue weighted by Gasteiger charge is 2.22. The molecule has 112 valence electrons. The molecule has 2 rings (SSSR count). The molecule has 0 saturated heterocycles.